The number of aryl methyl sites for hydroxylation is 1. The number of fused-ring (bicyclic) bond motifs is 1. The predicted molar refractivity (Wildman–Crippen MR) is 109 cm³/mol. The summed E-state index contributed by atoms with van der Waals surface area (Å²) in [5, 5.41) is 0.885. The molecule has 1 aromatic carbocycles. The second-order valence-electron chi connectivity index (χ2n) is 7.68. The summed E-state index contributed by atoms with van der Waals surface area (Å²) in [6.07, 6.45) is 1.41. The van der Waals surface area contributed by atoms with E-state index in [9.17, 15) is 9.59 Å². The van der Waals surface area contributed by atoms with E-state index in [4.69, 9.17) is 9.47 Å². The number of nitrogens with zero attached hydrogens (tertiary/aromatic N) is 3. The van der Waals surface area contributed by atoms with Gasteiger partial charge in [0.05, 0.1) is 37.1 Å². The highest BCUT2D eigenvalue weighted by atomic mass is 16.5. The Kier molecular flexibility index (Phi) is 5.67. The Morgan fingerprint density at radius 1 is 1.07 bits per heavy atom. The van der Waals surface area contributed by atoms with Crippen molar-refractivity contribution >= 4 is 22.7 Å². The van der Waals surface area contributed by atoms with E-state index in [1.165, 1.54) is 0 Å². The van der Waals surface area contributed by atoms with E-state index in [1.807, 2.05) is 41.0 Å². The van der Waals surface area contributed by atoms with Crippen LogP contribution in [-0.4, -0.2) is 73.1 Å². The first-order valence-electron chi connectivity index (χ1n) is 10.2. The number of rotatable bonds is 3. The van der Waals surface area contributed by atoms with E-state index in [0.717, 1.165) is 22.3 Å². The zero-order chi connectivity index (χ0) is 20.4. The summed E-state index contributed by atoms with van der Waals surface area (Å²) in [6.45, 7) is 5.62. The molecule has 0 saturated carbocycles. The van der Waals surface area contributed by atoms with Crippen molar-refractivity contribution in [2.45, 2.75) is 19.8 Å². The molecule has 1 aromatic heterocycles. The van der Waals surface area contributed by atoms with E-state index in [-0.39, 0.29) is 17.7 Å². The van der Waals surface area contributed by atoms with Crippen LogP contribution in [0.4, 0.5) is 0 Å². The fourth-order valence-electron chi connectivity index (χ4n) is 4.14. The van der Waals surface area contributed by atoms with Crippen molar-refractivity contribution in [2.24, 2.45) is 5.92 Å². The monoisotopic (exact) mass is 397 g/mol. The highest BCUT2D eigenvalue weighted by Gasteiger charge is 2.31. The number of hydrogen-bond acceptors (Lipinski definition) is 5. The number of hydrogen-bond donors (Lipinski definition) is 0. The third-order valence-electron chi connectivity index (χ3n) is 5.90. The van der Waals surface area contributed by atoms with Gasteiger partial charge in [0.1, 0.15) is 5.75 Å². The van der Waals surface area contributed by atoms with E-state index >= 15 is 0 Å². The zero-order valence-corrected chi connectivity index (χ0v) is 17.0. The quantitative estimate of drug-likeness (QED) is 0.795. The SMILES string of the molecule is COc1ccc2nc(C)c(C(=O)N3CCC(C(=O)N4CCOCC4)CC3)cc2c1. The first kappa shape index (κ1) is 19.6. The summed E-state index contributed by atoms with van der Waals surface area (Å²) in [4.78, 5) is 34.2. The first-order valence-corrected chi connectivity index (χ1v) is 10.2. The summed E-state index contributed by atoms with van der Waals surface area (Å²) in [7, 11) is 1.62. The van der Waals surface area contributed by atoms with Gasteiger partial charge in [0.2, 0.25) is 5.91 Å². The molecule has 3 heterocycles. The van der Waals surface area contributed by atoms with Gasteiger partial charge in [0.15, 0.2) is 0 Å². The fourth-order valence-corrected chi connectivity index (χ4v) is 4.14. The van der Waals surface area contributed by atoms with Crippen LogP contribution >= 0.6 is 0 Å². The highest BCUT2D eigenvalue weighted by Crippen LogP contribution is 2.25. The number of pyridine rings is 1. The predicted octanol–water partition coefficient (Wildman–Crippen LogP) is 2.26. The molecule has 0 atom stereocenters. The Morgan fingerprint density at radius 3 is 2.48 bits per heavy atom. The van der Waals surface area contributed by atoms with Crippen LogP contribution in [0, 0.1) is 12.8 Å². The molecule has 2 saturated heterocycles. The van der Waals surface area contributed by atoms with Crippen molar-refractivity contribution in [1.29, 1.82) is 0 Å². The second-order valence-corrected chi connectivity index (χ2v) is 7.68. The number of piperidine rings is 1. The molecule has 4 rings (SSSR count). The van der Waals surface area contributed by atoms with Gasteiger partial charge in [0, 0.05) is 37.5 Å². The van der Waals surface area contributed by atoms with Gasteiger partial charge in [-0.2, -0.15) is 0 Å². The molecule has 7 nitrogen and oxygen atoms in total. The lowest BCUT2D eigenvalue weighted by molar-refractivity contribution is -0.141. The van der Waals surface area contributed by atoms with Crippen molar-refractivity contribution in [2.75, 3.05) is 46.5 Å². The third kappa shape index (κ3) is 4.05. The molecular weight excluding hydrogens is 370 g/mol. The lowest BCUT2D eigenvalue weighted by Crippen LogP contribution is -2.47. The average Bonchev–Trinajstić information content (AvgIpc) is 2.78. The average molecular weight is 397 g/mol. The number of carbonyl (C=O) groups is 2. The van der Waals surface area contributed by atoms with Gasteiger partial charge in [-0.05, 0) is 44.0 Å². The second kappa shape index (κ2) is 8.37. The molecule has 2 amide bonds. The first-order chi connectivity index (χ1) is 14.1. The van der Waals surface area contributed by atoms with Gasteiger partial charge in [-0.3, -0.25) is 14.6 Å². The molecule has 0 N–H and O–H groups in total. The number of carbonyl (C=O) groups excluding carboxylic acids is 2. The summed E-state index contributed by atoms with van der Waals surface area (Å²) >= 11 is 0. The van der Waals surface area contributed by atoms with Crippen molar-refractivity contribution in [1.82, 2.24) is 14.8 Å². The zero-order valence-electron chi connectivity index (χ0n) is 17.0. The minimum absolute atomic E-state index is 0.00256. The maximum Gasteiger partial charge on any atom is 0.255 e. The van der Waals surface area contributed by atoms with E-state index in [2.05, 4.69) is 4.98 Å². The summed E-state index contributed by atoms with van der Waals surface area (Å²) in [5.74, 6) is 0.925. The maximum atomic E-state index is 13.1. The third-order valence-corrected chi connectivity index (χ3v) is 5.90. The van der Waals surface area contributed by atoms with Crippen molar-refractivity contribution in [3.8, 4) is 5.75 Å². The van der Waals surface area contributed by atoms with Crippen LogP contribution < -0.4 is 4.74 Å². The highest BCUT2D eigenvalue weighted by molar-refractivity contribution is 5.99. The van der Waals surface area contributed by atoms with E-state index in [1.54, 1.807) is 7.11 Å². The number of morpholine rings is 1. The van der Waals surface area contributed by atoms with E-state index < -0.39 is 0 Å². The number of methoxy groups -OCH3 is 1. The summed E-state index contributed by atoms with van der Waals surface area (Å²) in [6, 6.07) is 7.56. The maximum absolute atomic E-state index is 13.1. The standard InChI is InChI=1S/C22H27N3O4/c1-15-19(14-17-13-18(28-2)3-4-20(17)23-15)22(27)24-7-5-16(6-8-24)21(26)25-9-11-29-12-10-25/h3-4,13-14,16H,5-12H2,1-2H3. The lowest BCUT2D eigenvalue weighted by Gasteiger charge is -2.35. The molecular formula is C22H27N3O4. The van der Waals surface area contributed by atoms with Crippen molar-refractivity contribution < 1.29 is 19.1 Å². The Hall–Kier alpha value is -2.67. The molecule has 0 bridgehead atoms. The van der Waals surface area contributed by atoms with Crippen LogP contribution in [-0.2, 0) is 9.53 Å². The minimum atomic E-state index is -0.0167. The number of amides is 2. The van der Waals surface area contributed by atoms with E-state index in [0.29, 0.717) is 57.8 Å². The molecule has 2 fully saturated rings. The van der Waals surface area contributed by atoms with Gasteiger partial charge in [-0.1, -0.05) is 0 Å². The summed E-state index contributed by atoms with van der Waals surface area (Å²) in [5.41, 5.74) is 2.18. The molecule has 0 radical (unpaired) electrons. The molecule has 7 heteroatoms. The van der Waals surface area contributed by atoms with Gasteiger partial charge in [-0.25, -0.2) is 0 Å². The van der Waals surface area contributed by atoms with Gasteiger partial charge >= 0.3 is 0 Å². The molecule has 0 spiro atoms. The number of likely N-dealkylation sites (tertiary alicyclic amines) is 1. The molecule has 29 heavy (non-hydrogen) atoms. The van der Waals surface area contributed by atoms with Gasteiger partial charge in [-0.15, -0.1) is 0 Å². The molecule has 154 valence electrons. The molecule has 2 aliphatic rings. The summed E-state index contributed by atoms with van der Waals surface area (Å²) < 4.78 is 10.6. The van der Waals surface area contributed by atoms with Crippen LogP contribution in [0.15, 0.2) is 24.3 Å². The van der Waals surface area contributed by atoms with Crippen LogP contribution in [0.1, 0.15) is 28.9 Å². The van der Waals surface area contributed by atoms with Gasteiger partial charge in [0.25, 0.3) is 5.91 Å². The van der Waals surface area contributed by atoms with Crippen molar-refractivity contribution in [3.05, 3.63) is 35.5 Å². The van der Waals surface area contributed by atoms with Crippen LogP contribution in [0.3, 0.4) is 0 Å². The Labute approximate surface area is 170 Å². The number of aromatic nitrogens is 1. The molecule has 2 aliphatic heterocycles. The lowest BCUT2D eigenvalue weighted by atomic mass is 9.94. The number of benzene rings is 1. The normalized spacial score (nSPS) is 18.1. The number of ether oxygens (including phenoxy) is 2. The molecule has 0 aliphatic carbocycles. The molecule has 0 unspecified atom stereocenters. The Bertz CT molecular complexity index is 916. The Morgan fingerprint density at radius 2 is 1.79 bits per heavy atom. The molecule has 2 aromatic rings. The minimum Gasteiger partial charge on any atom is -0.497 e. The Balaban J connectivity index is 1.45. The van der Waals surface area contributed by atoms with Gasteiger partial charge < -0.3 is 19.3 Å². The fraction of sp³-hybridized carbons (Fsp3) is 0.500. The van der Waals surface area contributed by atoms with Crippen LogP contribution in [0.2, 0.25) is 0 Å². The largest absolute Gasteiger partial charge is 0.497 e. The smallest absolute Gasteiger partial charge is 0.255 e. The van der Waals surface area contributed by atoms with Crippen molar-refractivity contribution in [3.63, 3.8) is 0 Å². The van der Waals surface area contributed by atoms with Crippen LogP contribution in [0.25, 0.3) is 10.9 Å². The van der Waals surface area contributed by atoms with Crippen LogP contribution in [0.5, 0.6) is 5.75 Å². The topological polar surface area (TPSA) is 72.0 Å².